The van der Waals surface area contributed by atoms with Crippen LogP contribution in [-0.2, 0) is 17.6 Å². The van der Waals surface area contributed by atoms with Gasteiger partial charge in [0.15, 0.2) is 0 Å². The number of hydrogen-bond acceptors (Lipinski definition) is 2. The van der Waals surface area contributed by atoms with Gasteiger partial charge in [0, 0.05) is 25.3 Å². The zero-order chi connectivity index (χ0) is 13.8. The molecular weight excluding hydrogens is 250 g/mol. The fourth-order valence-electron chi connectivity index (χ4n) is 3.24. The first-order chi connectivity index (χ1) is 9.83. The Balaban J connectivity index is 1.49. The number of amides is 1. The number of carbonyl (C=O) groups is 1. The van der Waals surface area contributed by atoms with Crippen molar-refractivity contribution < 1.29 is 9.53 Å². The van der Waals surface area contributed by atoms with Crippen molar-refractivity contribution in [3.8, 4) is 0 Å². The van der Waals surface area contributed by atoms with Crippen LogP contribution in [0, 0.1) is 5.92 Å². The number of hydrogen-bond donors (Lipinski definition) is 1. The summed E-state index contributed by atoms with van der Waals surface area (Å²) in [5.74, 6) is 0.681. The molecule has 3 nitrogen and oxygen atoms in total. The standard InChI is InChI=1S/C17H23NO2/c19-17(18-9-8-13-3-2-10-20-12-13)16-7-6-14-4-1-5-15(14)11-16/h6-7,11,13H,1-5,8-10,12H2,(H,18,19). The number of rotatable bonds is 4. The first kappa shape index (κ1) is 13.6. The Labute approximate surface area is 120 Å². The van der Waals surface area contributed by atoms with Gasteiger partial charge in [-0.1, -0.05) is 6.07 Å². The summed E-state index contributed by atoms with van der Waals surface area (Å²) in [6.07, 6.45) is 6.92. The molecule has 20 heavy (non-hydrogen) atoms. The van der Waals surface area contributed by atoms with Crippen molar-refractivity contribution in [1.82, 2.24) is 5.32 Å². The maximum Gasteiger partial charge on any atom is 0.251 e. The first-order valence-corrected chi connectivity index (χ1v) is 7.80. The maximum absolute atomic E-state index is 12.1. The number of nitrogens with one attached hydrogen (secondary N) is 1. The third kappa shape index (κ3) is 3.21. The van der Waals surface area contributed by atoms with Crippen LogP contribution < -0.4 is 5.32 Å². The second-order valence-corrected chi connectivity index (χ2v) is 5.96. The van der Waals surface area contributed by atoms with E-state index in [0.29, 0.717) is 5.92 Å². The normalized spacial score (nSPS) is 21.5. The molecule has 0 saturated carbocycles. The molecule has 2 aliphatic rings. The number of aryl methyl sites for hydroxylation is 2. The second kappa shape index (κ2) is 6.40. The zero-order valence-electron chi connectivity index (χ0n) is 12.0. The van der Waals surface area contributed by atoms with E-state index >= 15 is 0 Å². The maximum atomic E-state index is 12.1. The Morgan fingerprint density at radius 2 is 2.15 bits per heavy atom. The molecule has 1 amide bonds. The Bertz CT molecular complexity index is 478. The van der Waals surface area contributed by atoms with Gasteiger partial charge in [-0.3, -0.25) is 4.79 Å². The summed E-state index contributed by atoms with van der Waals surface area (Å²) in [6.45, 7) is 2.51. The summed E-state index contributed by atoms with van der Waals surface area (Å²) in [5, 5.41) is 3.04. The molecule has 1 atom stereocenters. The van der Waals surface area contributed by atoms with Crippen molar-refractivity contribution in [2.24, 2.45) is 5.92 Å². The fourth-order valence-corrected chi connectivity index (χ4v) is 3.24. The molecular formula is C17H23NO2. The van der Waals surface area contributed by atoms with Crippen molar-refractivity contribution >= 4 is 5.91 Å². The molecule has 108 valence electrons. The minimum atomic E-state index is 0.0661. The molecule has 0 spiro atoms. The Morgan fingerprint density at radius 1 is 1.25 bits per heavy atom. The highest BCUT2D eigenvalue weighted by atomic mass is 16.5. The molecule has 3 heteroatoms. The summed E-state index contributed by atoms with van der Waals surface area (Å²) in [5.41, 5.74) is 3.59. The predicted molar refractivity (Wildman–Crippen MR) is 79.0 cm³/mol. The van der Waals surface area contributed by atoms with Crippen LogP contribution in [0.4, 0.5) is 0 Å². The molecule has 0 radical (unpaired) electrons. The summed E-state index contributed by atoms with van der Waals surface area (Å²) in [7, 11) is 0. The SMILES string of the molecule is O=C(NCCC1CCCOC1)c1ccc2c(c1)CCC2. The van der Waals surface area contributed by atoms with E-state index in [1.54, 1.807) is 0 Å². The lowest BCUT2D eigenvalue weighted by atomic mass is 9.98. The van der Waals surface area contributed by atoms with Crippen LogP contribution in [0.5, 0.6) is 0 Å². The van der Waals surface area contributed by atoms with Crippen molar-refractivity contribution in [2.75, 3.05) is 19.8 Å². The van der Waals surface area contributed by atoms with Gasteiger partial charge in [0.1, 0.15) is 0 Å². The van der Waals surface area contributed by atoms with Gasteiger partial charge in [0.25, 0.3) is 5.91 Å². The van der Waals surface area contributed by atoms with Crippen molar-refractivity contribution in [3.05, 3.63) is 34.9 Å². The highest BCUT2D eigenvalue weighted by molar-refractivity contribution is 5.94. The van der Waals surface area contributed by atoms with E-state index in [0.717, 1.165) is 44.6 Å². The molecule has 1 heterocycles. The number of ether oxygens (including phenoxy) is 1. The third-order valence-corrected chi connectivity index (χ3v) is 4.45. The molecule has 0 bridgehead atoms. The molecule has 1 aromatic rings. The van der Waals surface area contributed by atoms with Crippen LogP contribution in [0.1, 0.15) is 47.2 Å². The van der Waals surface area contributed by atoms with Crippen LogP contribution in [-0.4, -0.2) is 25.7 Å². The van der Waals surface area contributed by atoms with Crippen LogP contribution in [0.25, 0.3) is 0 Å². The first-order valence-electron chi connectivity index (χ1n) is 7.80. The highest BCUT2D eigenvalue weighted by Gasteiger charge is 2.16. The summed E-state index contributed by atoms with van der Waals surface area (Å²) < 4.78 is 5.46. The summed E-state index contributed by atoms with van der Waals surface area (Å²) >= 11 is 0. The third-order valence-electron chi connectivity index (χ3n) is 4.45. The largest absolute Gasteiger partial charge is 0.381 e. The van der Waals surface area contributed by atoms with E-state index in [-0.39, 0.29) is 5.91 Å². The van der Waals surface area contributed by atoms with Gasteiger partial charge in [-0.15, -0.1) is 0 Å². The summed E-state index contributed by atoms with van der Waals surface area (Å²) in [4.78, 5) is 12.1. The average Bonchev–Trinajstić information content (AvgIpc) is 2.95. The lowest BCUT2D eigenvalue weighted by Gasteiger charge is -2.21. The highest BCUT2D eigenvalue weighted by Crippen LogP contribution is 2.22. The van der Waals surface area contributed by atoms with Gasteiger partial charge in [-0.05, 0) is 67.7 Å². The Morgan fingerprint density at radius 3 is 3.00 bits per heavy atom. The minimum Gasteiger partial charge on any atom is -0.381 e. The van der Waals surface area contributed by atoms with E-state index < -0.39 is 0 Å². The molecule has 1 unspecified atom stereocenters. The van der Waals surface area contributed by atoms with Gasteiger partial charge in [-0.2, -0.15) is 0 Å². The quantitative estimate of drug-likeness (QED) is 0.916. The number of benzene rings is 1. The molecule has 1 fully saturated rings. The zero-order valence-corrected chi connectivity index (χ0v) is 12.0. The Hall–Kier alpha value is -1.35. The van der Waals surface area contributed by atoms with Gasteiger partial charge in [0.2, 0.25) is 0 Å². The number of carbonyl (C=O) groups excluding carboxylic acids is 1. The smallest absolute Gasteiger partial charge is 0.251 e. The molecule has 1 aliphatic heterocycles. The minimum absolute atomic E-state index is 0.0661. The lowest BCUT2D eigenvalue weighted by molar-refractivity contribution is 0.0514. The summed E-state index contributed by atoms with van der Waals surface area (Å²) in [6, 6.07) is 6.15. The van der Waals surface area contributed by atoms with Crippen LogP contribution >= 0.6 is 0 Å². The number of fused-ring (bicyclic) bond motifs is 1. The van der Waals surface area contributed by atoms with Gasteiger partial charge >= 0.3 is 0 Å². The van der Waals surface area contributed by atoms with E-state index in [2.05, 4.69) is 17.4 Å². The molecule has 1 aliphatic carbocycles. The fraction of sp³-hybridized carbons (Fsp3) is 0.588. The van der Waals surface area contributed by atoms with Crippen LogP contribution in [0.3, 0.4) is 0 Å². The monoisotopic (exact) mass is 273 g/mol. The van der Waals surface area contributed by atoms with E-state index in [9.17, 15) is 4.79 Å². The average molecular weight is 273 g/mol. The lowest BCUT2D eigenvalue weighted by Crippen LogP contribution is -2.28. The molecule has 1 N–H and O–H groups in total. The molecule has 1 aromatic carbocycles. The van der Waals surface area contributed by atoms with Crippen molar-refractivity contribution in [1.29, 1.82) is 0 Å². The second-order valence-electron chi connectivity index (χ2n) is 5.96. The topological polar surface area (TPSA) is 38.3 Å². The van der Waals surface area contributed by atoms with Gasteiger partial charge in [0.05, 0.1) is 0 Å². The molecule has 3 rings (SSSR count). The van der Waals surface area contributed by atoms with Crippen LogP contribution in [0.15, 0.2) is 18.2 Å². The van der Waals surface area contributed by atoms with E-state index in [4.69, 9.17) is 4.74 Å². The Kier molecular flexibility index (Phi) is 4.36. The van der Waals surface area contributed by atoms with Gasteiger partial charge in [-0.25, -0.2) is 0 Å². The predicted octanol–water partition coefficient (Wildman–Crippen LogP) is 2.72. The van der Waals surface area contributed by atoms with Crippen molar-refractivity contribution in [2.45, 2.75) is 38.5 Å². The van der Waals surface area contributed by atoms with E-state index in [1.807, 2.05) is 6.07 Å². The van der Waals surface area contributed by atoms with E-state index in [1.165, 1.54) is 30.4 Å². The van der Waals surface area contributed by atoms with Gasteiger partial charge < -0.3 is 10.1 Å². The van der Waals surface area contributed by atoms with Crippen LogP contribution in [0.2, 0.25) is 0 Å². The molecule has 1 saturated heterocycles. The molecule has 0 aromatic heterocycles. The van der Waals surface area contributed by atoms with Crippen molar-refractivity contribution in [3.63, 3.8) is 0 Å².